The minimum atomic E-state index is -4.77. The molecule has 0 atom stereocenters. The lowest BCUT2D eigenvalue weighted by Crippen LogP contribution is -2.18. The summed E-state index contributed by atoms with van der Waals surface area (Å²) < 4.78 is 51.2. The lowest BCUT2D eigenvalue weighted by atomic mass is 10.1. The van der Waals surface area contributed by atoms with Crippen molar-refractivity contribution in [1.29, 1.82) is 0 Å². The Bertz CT molecular complexity index is 698. The average Bonchev–Trinajstić information content (AvgIpc) is 2.55. The molecule has 0 bridgehead atoms. The molecule has 0 fully saturated rings. The molecular weight excluding hydrogens is 325 g/mol. The highest BCUT2D eigenvalue weighted by molar-refractivity contribution is 5.92. The third-order valence-corrected chi connectivity index (χ3v) is 3.13. The fraction of sp³-hybridized carbons (Fsp3) is 0.235. The van der Waals surface area contributed by atoms with E-state index in [4.69, 9.17) is 9.47 Å². The van der Waals surface area contributed by atoms with Gasteiger partial charge in [0.05, 0.1) is 13.7 Å². The lowest BCUT2D eigenvalue weighted by molar-refractivity contribution is -0.274. The quantitative estimate of drug-likeness (QED) is 0.746. The smallest absolute Gasteiger partial charge is 0.496 e. The molecule has 7 heteroatoms. The Balaban J connectivity index is 1.98. The van der Waals surface area contributed by atoms with Crippen LogP contribution in [0.5, 0.6) is 11.5 Å². The summed E-state index contributed by atoms with van der Waals surface area (Å²) in [6, 6.07) is 12.2. The number of ether oxygens (including phenoxy) is 3. The molecule has 0 aliphatic rings. The molecule has 0 aromatic heterocycles. The van der Waals surface area contributed by atoms with E-state index in [1.54, 1.807) is 30.3 Å². The second-order valence-corrected chi connectivity index (χ2v) is 4.74. The second kappa shape index (κ2) is 7.72. The maximum atomic E-state index is 12.4. The average molecular weight is 340 g/mol. The van der Waals surface area contributed by atoms with E-state index in [1.165, 1.54) is 25.3 Å². The molecule has 2 aromatic rings. The van der Waals surface area contributed by atoms with Gasteiger partial charge >= 0.3 is 12.3 Å². The fourth-order valence-electron chi connectivity index (χ4n) is 2.08. The van der Waals surface area contributed by atoms with Crippen molar-refractivity contribution in [3.05, 3.63) is 59.7 Å². The van der Waals surface area contributed by atoms with Gasteiger partial charge in [-0.1, -0.05) is 30.3 Å². The van der Waals surface area contributed by atoms with Gasteiger partial charge in [0, 0.05) is 6.42 Å². The van der Waals surface area contributed by atoms with E-state index in [0.29, 0.717) is 11.3 Å². The number of alkyl halides is 3. The van der Waals surface area contributed by atoms with Gasteiger partial charge in [-0.2, -0.15) is 0 Å². The number of esters is 1. The summed E-state index contributed by atoms with van der Waals surface area (Å²) in [6.07, 6.45) is -4.68. The molecule has 2 rings (SSSR count). The van der Waals surface area contributed by atoms with Crippen LogP contribution < -0.4 is 9.47 Å². The van der Waals surface area contributed by atoms with Gasteiger partial charge in [0.15, 0.2) is 0 Å². The van der Waals surface area contributed by atoms with E-state index >= 15 is 0 Å². The maximum absolute atomic E-state index is 12.4. The van der Waals surface area contributed by atoms with E-state index in [9.17, 15) is 18.0 Å². The summed E-state index contributed by atoms with van der Waals surface area (Å²) in [4.78, 5) is 12.0. The van der Waals surface area contributed by atoms with Gasteiger partial charge in [0.1, 0.15) is 17.1 Å². The molecule has 0 aliphatic carbocycles. The first-order valence-corrected chi connectivity index (χ1v) is 7.04. The van der Waals surface area contributed by atoms with E-state index in [1.807, 2.05) is 0 Å². The molecule has 0 spiro atoms. The van der Waals surface area contributed by atoms with Crippen molar-refractivity contribution in [3.8, 4) is 11.5 Å². The summed E-state index contributed by atoms with van der Waals surface area (Å²) >= 11 is 0. The zero-order chi connectivity index (χ0) is 17.6. The summed E-state index contributed by atoms with van der Waals surface area (Å²) in [7, 11) is 1.43. The van der Waals surface area contributed by atoms with Crippen LogP contribution in [0.4, 0.5) is 13.2 Å². The molecule has 0 radical (unpaired) electrons. The number of hydrogen-bond acceptors (Lipinski definition) is 4. The summed E-state index contributed by atoms with van der Waals surface area (Å²) in [5, 5.41) is 0. The van der Waals surface area contributed by atoms with Crippen LogP contribution in [0.1, 0.15) is 15.9 Å². The van der Waals surface area contributed by atoms with Crippen molar-refractivity contribution in [2.75, 3.05) is 13.7 Å². The van der Waals surface area contributed by atoms with Crippen LogP contribution in [0, 0.1) is 0 Å². The Morgan fingerprint density at radius 2 is 1.62 bits per heavy atom. The number of carbonyl (C=O) groups excluding carboxylic acids is 1. The fourth-order valence-corrected chi connectivity index (χ4v) is 2.08. The largest absolute Gasteiger partial charge is 0.573 e. The van der Waals surface area contributed by atoms with Gasteiger partial charge in [-0.3, -0.25) is 0 Å². The van der Waals surface area contributed by atoms with Crippen molar-refractivity contribution >= 4 is 5.97 Å². The number of carbonyl (C=O) groups is 1. The number of para-hydroxylation sites is 2. The van der Waals surface area contributed by atoms with Crippen molar-refractivity contribution in [1.82, 2.24) is 0 Å². The predicted octanol–water partition coefficient (Wildman–Crippen LogP) is 3.99. The SMILES string of the molecule is COc1ccccc1C(=O)OCCc1ccccc1OC(F)(F)F. The molecule has 0 aliphatic heterocycles. The number of methoxy groups -OCH3 is 1. The number of benzene rings is 2. The third-order valence-electron chi connectivity index (χ3n) is 3.13. The molecule has 0 N–H and O–H groups in total. The van der Waals surface area contributed by atoms with Crippen LogP contribution in [0.2, 0.25) is 0 Å². The maximum Gasteiger partial charge on any atom is 0.573 e. The molecule has 24 heavy (non-hydrogen) atoms. The van der Waals surface area contributed by atoms with E-state index in [2.05, 4.69) is 4.74 Å². The highest BCUT2D eigenvalue weighted by Crippen LogP contribution is 2.26. The minimum Gasteiger partial charge on any atom is -0.496 e. The van der Waals surface area contributed by atoms with Gasteiger partial charge in [-0.05, 0) is 23.8 Å². The van der Waals surface area contributed by atoms with Crippen LogP contribution in [0.25, 0.3) is 0 Å². The number of halogens is 3. The molecule has 0 amide bonds. The van der Waals surface area contributed by atoms with Crippen LogP contribution in [-0.2, 0) is 11.2 Å². The standard InChI is InChI=1S/C17H15F3O4/c1-22-15-9-5-3-7-13(15)16(21)23-11-10-12-6-2-4-8-14(12)24-17(18,19)20/h2-9H,10-11H2,1H3. The van der Waals surface area contributed by atoms with E-state index in [0.717, 1.165) is 0 Å². The molecular formula is C17H15F3O4. The molecule has 4 nitrogen and oxygen atoms in total. The molecule has 0 unspecified atom stereocenters. The zero-order valence-electron chi connectivity index (χ0n) is 12.8. The predicted molar refractivity (Wildman–Crippen MR) is 80.1 cm³/mol. The summed E-state index contributed by atoms with van der Waals surface area (Å²) in [5.41, 5.74) is 0.544. The lowest BCUT2D eigenvalue weighted by Gasteiger charge is -2.13. The molecule has 2 aromatic carbocycles. The summed E-state index contributed by atoms with van der Waals surface area (Å²) in [5.74, 6) is -0.552. The van der Waals surface area contributed by atoms with Gasteiger partial charge < -0.3 is 14.2 Å². The Kier molecular flexibility index (Phi) is 5.68. The van der Waals surface area contributed by atoms with Crippen molar-refractivity contribution < 1.29 is 32.2 Å². The van der Waals surface area contributed by atoms with E-state index < -0.39 is 12.3 Å². The normalized spacial score (nSPS) is 11.0. The monoisotopic (exact) mass is 340 g/mol. The van der Waals surface area contributed by atoms with Crippen molar-refractivity contribution in [2.24, 2.45) is 0 Å². The Morgan fingerprint density at radius 3 is 2.29 bits per heavy atom. The third kappa shape index (κ3) is 4.91. The van der Waals surface area contributed by atoms with Crippen LogP contribution in [-0.4, -0.2) is 26.0 Å². The van der Waals surface area contributed by atoms with Gasteiger partial charge in [0.25, 0.3) is 0 Å². The Labute approximate surface area is 136 Å². The topological polar surface area (TPSA) is 44.8 Å². The molecule has 0 saturated carbocycles. The number of rotatable bonds is 6. The van der Waals surface area contributed by atoms with Crippen molar-refractivity contribution in [3.63, 3.8) is 0 Å². The van der Waals surface area contributed by atoms with Gasteiger partial charge in [-0.25, -0.2) is 4.79 Å². The first-order valence-electron chi connectivity index (χ1n) is 7.04. The van der Waals surface area contributed by atoms with Crippen LogP contribution in [0.3, 0.4) is 0 Å². The van der Waals surface area contributed by atoms with Crippen molar-refractivity contribution in [2.45, 2.75) is 12.8 Å². The molecule has 128 valence electrons. The zero-order valence-corrected chi connectivity index (χ0v) is 12.8. The second-order valence-electron chi connectivity index (χ2n) is 4.74. The Hall–Kier alpha value is -2.70. The highest BCUT2D eigenvalue weighted by Gasteiger charge is 2.31. The molecule has 0 heterocycles. The van der Waals surface area contributed by atoms with Gasteiger partial charge in [-0.15, -0.1) is 13.2 Å². The van der Waals surface area contributed by atoms with Gasteiger partial charge in [0.2, 0.25) is 0 Å². The molecule has 0 saturated heterocycles. The number of hydrogen-bond donors (Lipinski definition) is 0. The van der Waals surface area contributed by atoms with E-state index in [-0.39, 0.29) is 24.3 Å². The Morgan fingerprint density at radius 1 is 1.00 bits per heavy atom. The minimum absolute atomic E-state index is 0.0882. The first-order chi connectivity index (χ1) is 11.4. The van der Waals surface area contributed by atoms with Crippen LogP contribution in [0.15, 0.2) is 48.5 Å². The highest BCUT2D eigenvalue weighted by atomic mass is 19.4. The summed E-state index contributed by atoms with van der Waals surface area (Å²) in [6.45, 7) is -0.0882. The first kappa shape index (κ1) is 17.7. The van der Waals surface area contributed by atoms with Crippen LogP contribution >= 0.6 is 0 Å².